The summed E-state index contributed by atoms with van der Waals surface area (Å²) in [6.45, 7) is 1.85. The Labute approximate surface area is 119 Å². The lowest BCUT2D eigenvalue weighted by atomic mass is 10.1. The molecule has 4 nitrogen and oxygen atoms in total. The van der Waals surface area contributed by atoms with Gasteiger partial charge >= 0.3 is 0 Å². The molecule has 0 saturated carbocycles. The van der Waals surface area contributed by atoms with Gasteiger partial charge in [0.1, 0.15) is 0 Å². The summed E-state index contributed by atoms with van der Waals surface area (Å²) in [4.78, 5) is 12.3. The molecule has 1 heterocycles. The van der Waals surface area contributed by atoms with Crippen molar-refractivity contribution >= 4 is 5.91 Å². The lowest BCUT2D eigenvalue weighted by molar-refractivity contribution is 0.0750. The lowest BCUT2D eigenvalue weighted by Crippen LogP contribution is -2.45. The minimum Gasteiger partial charge on any atom is -0.395 e. The molecule has 2 N–H and O–H groups in total. The molecule has 0 radical (unpaired) electrons. The highest BCUT2D eigenvalue weighted by molar-refractivity contribution is 5.96. The van der Waals surface area contributed by atoms with E-state index in [2.05, 4.69) is 17.3 Å². The summed E-state index contributed by atoms with van der Waals surface area (Å²) in [5, 5.41) is 10.7. The van der Waals surface area contributed by atoms with E-state index in [1.807, 2.05) is 23.2 Å². The molecule has 106 valence electrons. The first-order valence-electron chi connectivity index (χ1n) is 7.06. The van der Waals surface area contributed by atoms with Gasteiger partial charge in [-0.15, -0.1) is 0 Å². The predicted molar refractivity (Wildman–Crippen MR) is 77.9 cm³/mol. The van der Waals surface area contributed by atoms with Crippen LogP contribution >= 0.6 is 0 Å². The Bertz CT molecular complexity index is 511. The molecule has 1 saturated heterocycles. The van der Waals surface area contributed by atoms with E-state index in [9.17, 15) is 4.79 Å². The maximum absolute atomic E-state index is 12.3. The molecule has 0 atom stereocenters. The van der Waals surface area contributed by atoms with Crippen LogP contribution < -0.4 is 5.43 Å². The van der Waals surface area contributed by atoms with Crippen molar-refractivity contribution in [3.63, 3.8) is 0 Å². The third kappa shape index (κ3) is 4.09. The van der Waals surface area contributed by atoms with E-state index in [4.69, 9.17) is 5.11 Å². The fourth-order valence-corrected chi connectivity index (χ4v) is 2.21. The number of aliphatic hydroxyl groups is 1. The highest BCUT2D eigenvalue weighted by Gasteiger charge is 2.15. The topological polar surface area (TPSA) is 52.6 Å². The quantitative estimate of drug-likeness (QED) is 0.821. The van der Waals surface area contributed by atoms with E-state index in [1.54, 1.807) is 6.07 Å². The van der Waals surface area contributed by atoms with E-state index in [0.717, 1.165) is 25.9 Å². The van der Waals surface area contributed by atoms with Crippen molar-refractivity contribution in [2.24, 2.45) is 0 Å². The van der Waals surface area contributed by atoms with E-state index in [0.29, 0.717) is 17.5 Å². The molecule has 1 aromatic rings. The summed E-state index contributed by atoms with van der Waals surface area (Å²) in [7, 11) is 0. The molecule has 0 bridgehead atoms. The molecular formula is C16H20N2O2. The van der Waals surface area contributed by atoms with E-state index in [1.165, 1.54) is 6.42 Å². The van der Waals surface area contributed by atoms with Crippen LogP contribution in [0.5, 0.6) is 0 Å². The average Bonchev–Trinajstić information content (AvgIpc) is 2.49. The Balaban J connectivity index is 2.07. The number of hydrogen-bond donors (Lipinski definition) is 2. The second-order valence-corrected chi connectivity index (χ2v) is 4.81. The molecule has 1 amide bonds. The van der Waals surface area contributed by atoms with E-state index >= 15 is 0 Å². The van der Waals surface area contributed by atoms with Crippen molar-refractivity contribution in [3.05, 3.63) is 35.4 Å². The van der Waals surface area contributed by atoms with Gasteiger partial charge in [-0.1, -0.05) is 30.4 Å². The zero-order chi connectivity index (χ0) is 14.2. The number of hydrogen-bond acceptors (Lipinski definition) is 3. The molecule has 2 rings (SSSR count). The third-order valence-corrected chi connectivity index (χ3v) is 3.25. The Morgan fingerprint density at radius 3 is 2.75 bits per heavy atom. The summed E-state index contributed by atoms with van der Waals surface area (Å²) in [5.41, 5.74) is 4.23. The van der Waals surface area contributed by atoms with Crippen LogP contribution in [0.2, 0.25) is 0 Å². The molecule has 0 aromatic heterocycles. The lowest BCUT2D eigenvalue weighted by Gasteiger charge is -2.26. The first-order valence-corrected chi connectivity index (χ1v) is 7.06. The van der Waals surface area contributed by atoms with Crippen LogP contribution in [0.15, 0.2) is 24.3 Å². The van der Waals surface area contributed by atoms with Crippen molar-refractivity contribution in [1.82, 2.24) is 10.4 Å². The minimum atomic E-state index is -0.110. The summed E-state index contributed by atoms with van der Waals surface area (Å²) >= 11 is 0. The molecule has 0 spiro atoms. The summed E-state index contributed by atoms with van der Waals surface area (Å²) in [5.74, 6) is 5.69. The molecule has 4 heteroatoms. The summed E-state index contributed by atoms with van der Waals surface area (Å²) < 4.78 is 0. The van der Waals surface area contributed by atoms with E-state index in [-0.39, 0.29) is 12.5 Å². The second kappa shape index (κ2) is 7.68. The fourth-order valence-electron chi connectivity index (χ4n) is 2.21. The smallest absolute Gasteiger partial charge is 0.266 e. The number of amides is 1. The number of nitrogens with one attached hydrogen (secondary N) is 1. The van der Waals surface area contributed by atoms with Crippen LogP contribution in [0.25, 0.3) is 0 Å². The number of carbonyl (C=O) groups excluding carboxylic acids is 1. The molecule has 1 aliphatic heterocycles. The van der Waals surface area contributed by atoms with Crippen LogP contribution in [0.1, 0.15) is 41.6 Å². The van der Waals surface area contributed by atoms with Gasteiger partial charge in [0.15, 0.2) is 0 Å². The molecule has 1 fully saturated rings. The zero-order valence-electron chi connectivity index (χ0n) is 11.6. The highest BCUT2D eigenvalue weighted by atomic mass is 16.2. The molecule has 20 heavy (non-hydrogen) atoms. The van der Waals surface area contributed by atoms with Crippen LogP contribution in [-0.2, 0) is 0 Å². The van der Waals surface area contributed by atoms with Gasteiger partial charge in [0.2, 0.25) is 0 Å². The number of rotatable bonds is 3. The van der Waals surface area contributed by atoms with Gasteiger partial charge in [0, 0.05) is 25.1 Å². The van der Waals surface area contributed by atoms with Gasteiger partial charge in [-0.05, 0) is 25.0 Å². The standard InChI is InChI=1S/C16H20N2O2/c19-13-7-4-9-14-8-2-3-10-15(14)16(20)17-18-11-5-1-6-12-18/h2-3,8,10,19H,1,5-7,11-13H2,(H,17,20). The van der Waals surface area contributed by atoms with Crippen molar-refractivity contribution in [3.8, 4) is 11.8 Å². The summed E-state index contributed by atoms with van der Waals surface area (Å²) in [6.07, 6.45) is 3.90. The van der Waals surface area contributed by atoms with Gasteiger partial charge in [-0.2, -0.15) is 0 Å². The number of piperidine rings is 1. The molecule has 0 unspecified atom stereocenters. The Morgan fingerprint density at radius 1 is 1.25 bits per heavy atom. The van der Waals surface area contributed by atoms with Crippen LogP contribution in [0, 0.1) is 11.8 Å². The maximum atomic E-state index is 12.3. The number of benzene rings is 1. The van der Waals surface area contributed by atoms with Gasteiger partial charge in [0.05, 0.1) is 12.2 Å². The average molecular weight is 272 g/mol. The van der Waals surface area contributed by atoms with Crippen molar-refractivity contribution in [1.29, 1.82) is 0 Å². The minimum absolute atomic E-state index is 0.0368. The number of aliphatic hydroxyl groups excluding tert-OH is 1. The Morgan fingerprint density at radius 2 is 2.00 bits per heavy atom. The monoisotopic (exact) mass is 272 g/mol. The van der Waals surface area contributed by atoms with Crippen LogP contribution in [0.3, 0.4) is 0 Å². The largest absolute Gasteiger partial charge is 0.395 e. The SMILES string of the molecule is O=C(NN1CCCCC1)c1ccccc1C#CCCO. The van der Waals surface area contributed by atoms with Gasteiger partial charge < -0.3 is 5.11 Å². The van der Waals surface area contributed by atoms with Crippen LogP contribution in [0.4, 0.5) is 0 Å². The highest BCUT2D eigenvalue weighted by Crippen LogP contribution is 2.10. The predicted octanol–water partition coefficient (Wildman–Crippen LogP) is 1.55. The third-order valence-electron chi connectivity index (χ3n) is 3.25. The zero-order valence-corrected chi connectivity index (χ0v) is 11.6. The molecular weight excluding hydrogens is 252 g/mol. The Kier molecular flexibility index (Phi) is 5.60. The summed E-state index contributed by atoms with van der Waals surface area (Å²) in [6, 6.07) is 7.31. The Hall–Kier alpha value is -1.83. The van der Waals surface area contributed by atoms with Crippen LogP contribution in [-0.4, -0.2) is 35.7 Å². The molecule has 0 aliphatic carbocycles. The van der Waals surface area contributed by atoms with Crippen molar-refractivity contribution in [2.75, 3.05) is 19.7 Å². The first-order chi connectivity index (χ1) is 9.81. The van der Waals surface area contributed by atoms with Gasteiger partial charge in [0.25, 0.3) is 5.91 Å². The fraction of sp³-hybridized carbons (Fsp3) is 0.438. The number of nitrogens with zero attached hydrogens (tertiary/aromatic N) is 1. The maximum Gasteiger partial charge on any atom is 0.266 e. The first kappa shape index (κ1) is 14.6. The number of hydrazine groups is 1. The normalized spacial score (nSPS) is 15.2. The van der Waals surface area contributed by atoms with Gasteiger partial charge in [-0.25, -0.2) is 5.01 Å². The van der Waals surface area contributed by atoms with Crippen molar-refractivity contribution < 1.29 is 9.90 Å². The molecule has 1 aliphatic rings. The number of carbonyl (C=O) groups is 1. The van der Waals surface area contributed by atoms with Crippen molar-refractivity contribution in [2.45, 2.75) is 25.7 Å². The second-order valence-electron chi connectivity index (χ2n) is 4.81. The van der Waals surface area contributed by atoms with E-state index < -0.39 is 0 Å². The molecule has 1 aromatic carbocycles. The van der Waals surface area contributed by atoms with Gasteiger partial charge in [-0.3, -0.25) is 10.2 Å².